The number of rotatable bonds is 8. The number of thiophene rings is 1. The SMILES string of the molecule is CCCSNc1ccc(F)c(C(=O)c2c[nH]c3ncc(-c4ccc(-c5cccnc5)s4)cc23)c1F. The minimum Gasteiger partial charge on any atom is -0.345 e. The van der Waals surface area contributed by atoms with Crippen LogP contribution in [0, 0.1) is 11.6 Å². The summed E-state index contributed by atoms with van der Waals surface area (Å²) in [6.45, 7) is 2.00. The highest BCUT2D eigenvalue weighted by Gasteiger charge is 2.24. The maximum atomic E-state index is 15.1. The molecule has 0 spiro atoms. The Morgan fingerprint density at radius 3 is 2.71 bits per heavy atom. The smallest absolute Gasteiger partial charge is 0.201 e. The van der Waals surface area contributed by atoms with Crippen LogP contribution < -0.4 is 4.72 Å². The summed E-state index contributed by atoms with van der Waals surface area (Å²) < 4.78 is 32.7. The molecular weight excluding hydrogens is 486 g/mol. The van der Waals surface area contributed by atoms with Crippen LogP contribution in [0.3, 0.4) is 0 Å². The third kappa shape index (κ3) is 4.56. The Hall–Kier alpha value is -3.56. The van der Waals surface area contributed by atoms with E-state index < -0.39 is 23.0 Å². The van der Waals surface area contributed by atoms with Crippen LogP contribution in [0.2, 0.25) is 0 Å². The fraction of sp³-hybridized carbons (Fsp3) is 0.115. The van der Waals surface area contributed by atoms with Gasteiger partial charge in [-0.15, -0.1) is 11.3 Å². The lowest BCUT2D eigenvalue weighted by molar-refractivity contribution is 0.103. The lowest BCUT2D eigenvalue weighted by Gasteiger charge is -2.10. The number of nitrogens with zero attached hydrogens (tertiary/aromatic N) is 2. The molecule has 5 nitrogen and oxygen atoms in total. The molecule has 9 heteroatoms. The Morgan fingerprint density at radius 1 is 1.11 bits per heavy atom. The summed E-state index contributed by atoms with van der Waals surface area (Å²) in [5.41, 5.74) is 1.93. The lowest BCUT2D eigenvalue weighted by atomic mass is 10.0. The average Bonchev–Trinajstić information content (AvgIpc) is 3.53. The summed E-state index contributed by atoms with van der Waals surface area (Å²) in [7, 11) is 0. The summed E-state index contributed by atoms with van der Waals surface area (Å²) in [6.07, 6.45) is 7.58. The molecule has 0 fully saturated rings. The van der Waals surface area contributed by atoms with Crippen molar-refractivity contribution in [3.05, 3.63) is 90.0 Å². The number of hydrogen-bond acceptors (Lipinski definition) is 6. The maximum Gasteiger partial charge on any atom is 0.201 e. The maximum absolute atomic E-state index is 15.1. The Bertz CT molecular complexity index is 1510. The molecule has 4 aromatic heterocycles. The summed E-state index contributed by atoms with van der Waals surface area (Å²) in [5, 5.41) is 0.501. The van der Waals surface area contributed by atoms with Crippen molar-refractivity contribution in [2.24, 2.45) is 0 Å². The molecule has 0 aliphatic heterocycles. The predicted octanol–water partition coefficient (Wildman–Crippen LogP) is 7.33. The summed E-state index contributed by atoms with van der Waals surface area (Å²) in [4.78, 5) is 26.9. The fourth-order valence-corrected chi connectivity index (χ4v) is 5.28. The number of ketones is 1. The monoisotopic (exact) mass is 506 g/mol. The number of aromatic amines is 1. The molecule has 4 heterocycles. The first-order chi connectivity index (χ1) is 17.1. The standard InChI is InChI=1S/C26H20F2N4OS2/c1-2-10-34-32-20-6-5-19(27)23(24(20)28)25(33)18-14-31-26-17(18)11-16(13-30-26)22-8-7-21(35-22)15-4-3-9-29-12-15/h3-9,11-14,32H,2,10H2,1H3,(H,30,31). The number of fused-ring (bicyclic) bond motifs is 1. The molecule has 0 amide bonds. The van der Waals surface area contributed by atoms with E-state index in [-0.39, 0.29) is 11.3 Å². The quantitative estimate of drug-likeness (QED) is 0.131. The van der Waals surface area contributed by atoms with Crippen LogP contribution in [0.5, 0.6) is 0 Å². The van der Waals surface area contributed by atoms with Crippen molar-refractivity contribution in [1.29, 1.82) is 0 Å². The van der Waals surface area contributed by atoms with Crippen LogP contribution in [0.25, 0.3) is 31.9 Å². The van der Waals surface area contributed by atoms with E-state index in [4.69, 9.17) is 0 Å². The average molecular weight is 507 g/mol. The summed E-state index contributed by atoms with van der Waals surface area (Å²) in [5.74, 6) is -1.80. The molecule has 1 aromatic carbocycles. The first-order valence-corrected chi connectivity index (χ1v) is 12.7. The van der Waals surface area contributed by atoms with E-state index in [1.165, 1.54) is 24.2 Å². The molecule has 0 unspecified atom stereocenters. The number of H-pyrrole nitrogens is 1. The normalized spacial score (nSPS) is 11.2. The fourth-order valence-electron chi connectivity index (χ4n) is 3.69. The zero-order chi connectivity index (χ0) is 24.4. The number of nitrogens with one attached hydrogen (secondary N) is 2. The van der Waals surface area contributed by atoms with Crippen LogP contribution >= 0.6 is 23.3 Å². The second-order valence-electron chi connectivity index (χ2n) is 7.79. The summed E-state index contributed by atoms with van der Waals surface area (Å²) >= 11 is 2.88. The van der Waals surface area contributed by atoms with Crippen molar-refractivity contribution in [2.45, 2.75) is 13.3 Å². The molecular formula is C26H20F2N4OS2. The highest BCUT2D eigenvalue weighted by molar-refractivity contribution is 8.00. The number of carbonyl (C=O) groups excluding carboxylic acids is 1. The topological polar surface area (TPSA) is 70.7 Å². The van der Waals surface area contributed by atoms with Gasteiger partial charge in [0.25, 0.3) is 0 Å². The zero-order valence-corrected chi connectivity index (χ0v) is 20.3. The number of hydrogen-bond donors (Lipinski definition) is 2. The molecule has 35 heavy (non-hydrogen) atoms. The van der Waals surface area contributed by atoms with Gasteiger partial charge >= 0.3 is 0 Å². The second kappa shape index (κ2) is 9.97. The van der Waals surface area contributed by atoms with Gasteiger partial charge in [0.1, 0.15) is 11.5 Å². The molecule has 0 bridgehead atoms. The molecule has 5 rings (SSSR count). The minimum atomic E-state index is -0.906. The number of carbonyl (C=O) groups is 1. The van der Waals surface area contributed by atoms with Gasteiger partial charge in [-0.05, 0) is 42.8 Å². The zero-order valence-electron chi connectivity index (χ0n) is 18.6. The lowest BCUT2D eigenvalue weighted by Crippen LogP contribution is -2.09. The number of pyridine rings is 2. The van der Waals surface area contributed by atoms with E-state index in [1.54, 1.807) is 29.9 Å². The van der Waals surface area contributed by atoms with Crippen LogP contribution in [0.15, 0.2) is 67.3 Å². The summed E-state index contributed by atoms with van der Waals surface area (Å²) in [6, 6.07) is 12.1. The molecule has 0 aliphatic rings. The molecule has 0 atom stereocenters. The molecule has 176 valence electrons. The molecule has 5 aromatic rings. The number of anilines is 1. The van der Waals surface area contributed by atoms with Crippen LogP contribution in [-0.2, 0) is 0 Å². The Labute approximate surface area is 208 Å². The van der Waals surface area contributed by atoms with Crippen molar-refractivity contribution >= 4 is 45.8 Å². The predicted molar refractivity (Wildman–Crippen MR) is 139 cm³/mol. The molecule has 0 radical (unpaired) electrons. The van der Waals surface area contributed by atoms with E-state index in [9.17, 15) is 9.18 Å². The van der Waals surface area contributed by atoms with Crippen molar-refractivity contribution < 1.29 is 13.6 Å². The van der Waals surface area contributed by atoms with Gasteiger partial charge in [0, 0.05) is 62.4 Å². The Kier molecular flexibility index (Phi) is 6.61. The third-order valence-electron chi connectivity index (χ3n) is 5.42. The van der Waals surface area contributed by atoms with Crippen molar-refractivity contribution in [1.82, 2.24) is 15.0 Å². The third-order valence-corrected chi connectivity index (χ3v) is 7.58. The van der Waals surface area contributed by atoms with Crippen molar-refractivity contribution in [2.75, 3.05) is 10.5 Å². The van der Waals surface area contributed by atoms with E-state index in [1.807, 2.05) is 37.3 Å². The van der Waals surface area contributed by atoms with E-state index in [0.717, 1.165) is 39.1 Å². The van der Waals surface area contributed by atoms with Gasteiger partial charge in [-0.1, -0.05) is 24.9 Å². The second-order valence-corrected chi connectivity index (χ2v) is 9.78. The number of benzene rings is 1. The Morgan fingerprint density at radius 2 is 1.94 bits per heavy atom. The Balaban J connectivity index is 1.51. The molecule has 0 saturated carbocycles. The largest absolute Gasteiger partial charge is 0.345 e. The van der Waals surface area contributed by atoms with E-state index in [2.05, 4.69) is 19.7 Å². The molecule has 0 saturated heterocycles. The van der Waals surface area contributed by atoms with Crippen LogP contribution in [-0.4, -0.2) is 26.5 Å². The highest BCUT2D eigenvalue weighted by atomic mass is 32.2. The first-order valence-electron chi connectivity index (χ1n) is 10.9. The van der Waals surface area contributed by atoms with E-state index >= 15 is 4.39 Å². The van der Waals surface area contributed by atoms with Gasteiger partial charge in [0.15, 0.2) is 5.82 Å². The van der Waals surface area contributed by atoms with Gasteiger partial charge in [0.2, 0.25) is 5.78 Å². The van der Waals surface area contributed by atoms with E-state index in [0.29, 0.717) is 11.0 Å². The van der Waals surface area contributed by atoms with Gasteiger partial charge in [-0.25, -0.2) is 13.8 Å². The minimum absolute atomic E-state index is 0.0772. The molecule has 0 aliphatic carbocycles. The van der Waals surface area contributed by atoms with Gasteiger partial charge in [-0.3, -0.25) is 9.78 Å². The van der Waals surface area contributed by atoms with Crippen LogP contribution in [0.1, 0.15) is 29.3 Å². The van der Waals surface area contributed by atoms with Crippen LogP contribution in [0.4, 0.5) is 14.5 Å². The highest BCUT2D eigenvalue weighted by Crippen LogP contribution is 2.36. The van der Waals surface area contributed by atoms with Crippen molar-refractivity contribution in [3.8, 4) is 20.9 Å². The number of halogens is 2. The number of aromatic nitrogens is 3. The first kappa shape index (κ1) is 23.2. The van der Waals surface area contributed by atoms with Gasteiger partial charge in [0.05, 0.1) is 11.3 Å². The van der Waals surface area contributed by atoms with Crippen molar-refractivity contribution in [3.63, 3.8) is 0 Å². The van der Waals surface area contributed by atoms with Gasteiger partial charge in [-0.2, -0.15) is 0 Å². The molecule has 2 N–H and O–H groups in total. The van der Waals surface area contributed by atoms with Gasteiger partial charge < -0.3 is 9.71 Å².